The third-order valence-corrected chi connectivity index (χ3v) is 3.74. The Hall–Kier alpha value is -1.36. The second-order valence-corrected chi connectivity index (χ2v) is 5.25. The van der Waals surface area contributed by atoms with E-state index in [1.807, 2.05) is 7.05 Å². The van der Waals surface area contributed by atoms with Crippen molar-refractivity contribution < 1.29 is 0 Å². The fourth-order valence-corrected chi connectivity index (χ4v) is 2.46. The highest BCUT2D eigenvalue weighted by Crippen LogP contribution is 2.25. The largest absolute Gasteiger partial charge is 0.367 e. The first-order valence-electron chi connectivity index (χ1n) is 6.86. The number of anilines is 2. The van der Waals surface area contributed by atoms with Crippen LogP contribution >= 0.6 is 0 Å². The van der Waals surface area contributed by atoms with Gasteiger partial charge in [-0.2, -0.15) is 0 Å². The fourth-order valence-electron chi connectivity index (χ4n) is 2.46. The molecule has 1 atom stereocenters. The summed E-state index contributed by atoms with van der Waals surface area (Å²) < 4.78 is 0. The molecule has 1 aliphatic heterocycles. The van der Waals surface area contributed by atoms with E-state index in [2.05, 4.69) is 31.6 Å². The highest BCUT2D eigenvalue weighted by molar-refractivity contribution is 5.49. The molecule has 0 bridgehead atoms. The summed E-state index contributed by atoms with van der Waals surface area (Å²) in [6.07, 6.45) is 6.69. The molecule has 1 aromatic rings. The Balaban J connectivity index is 1.69. The zero-order valence-corrected chi connectivity index (χ0v) is 10.9. The Bertz CT molecular complexity index is 404. The van der Waals surface area contributed by atoms with Crippen molar-refractivity contribution in [2.75, 3.05) is 30.4 Å². The van der Waals surface area contributed by atoms with E-state index in [-0.39, 0.29) is 0 Å². The molecule has 3 rings (SSSR count). The molecular weight excluding hydrogens is 226 g/mol. The van der Waals surface area contributed by atoms with E-state index in [1.54, 1.807) is 6.33 Å². The first-order valence-corrected chi connectivity index (χ1v) is 6.86. The van der Waals surface area contributed by atoms with Crippen molar-refractivity contribution in [3.63, 3.8) is 0 Å². The molecular formula is C13H21N5. The molecule has 1 aromatic heterocycles. The van der Waals surface area contributed by atoms with Crippen LogP contribution in [-0.4, -0.2) is 42.2 Å². The molecule has 1 unspecified atom stereocenters. The van der Waals surface area contributed by atoms with Crippen LogP contribution in [0.25, 0.3) is 0 Å². The fraction of sp³-hybridized carbons (Fsp3) is 0.692. The summed E-state index contributed by atoms with van der Waals surface area (Å²) in [4.78, 5) is 11.0. The Morgan fingerprint density at radius 1 is 1.22 bits per heavy atom. The molecule has 0 amide bonds. The number of hydrogen-bond donors (Lipinski definition) is 2. The third-order valence-electron chi connectivity index (χ3n) is 3.74. The number of nitrogens with one attached hydrogen (secondary N) is 2. The summed E-state index contributed by atoms with van der Waals surface area (Å²) in [5.74, 6) is 2.02. The van der Waals surface area contributed by atoms with Gasteiger partial charge >= 0.3 is 0 Å². The Morgan fingerprint density at radius 2 is 2.11 bits per heavy atom. The normalized spacial score (nSPS) is 24.1. The van der Waals surface area contributed by atoms with Crippen LogP contribution in [0.15, 0.2) is 12.4 Å². The smallest absolute Gasteiger partial charge is 0.134 e. The predicted octanol–water partition coefficient (Wildman–Crippen LogP) is 1.24. The van der Waals surface area contributed by atoms with Crippen molar-refractivity contribution in [1.29, 1.82) is 0 Å². The molecule has 0 aromatic carbocycles. The highest BCUT2D eigenvalue weighted by Gasteiger charge is 2.23. The van der Waals surface area contributed by atoms with Gasteiger partial charge in [-0.3, -0.25) is 0 Å². The zero-order valence-electron chi connectivity index (χ0n) is 10.9. The maximum atomic E-state index is 4.41. The minimum absolute atomic E-state index is 0.577. The summed E-state index contributed by atoms with van der Waals surface area (Å²) in [5.41, 5.74) is 0. The Kier molecular flexibility index (Phi) is 3.32. The number of likely N-dealkylation sites (N-methyl/N-ethyl adjacent to an activating group) is 1. The lowest BCUT2D eigenvalue weighted by atomic mass is 10.1. The number of hydrogen-bond acceptors (Lipinski definition) is 5. The van der Waals surface area contributed by atoms with Gasteiger partial charge in [-0.15, -0.1) is 0 Å². The van der Waals surface area contributed by atoms with Crippen LogP contribution in [0, 0.1) is 0 Å². The Labute approximate surface area is 108 Å². The highest BCUT2D eigenvalue weighted by atomic mass is 15.2. The first kappa shape index (κ1) is 11.7. The van der Waals surface area contributed by atoms with Crippen molar-refractivity contribution in [1.82, 2.24) is 15.3 Å². The molecule has 1 aliphatic carbocycles. The van der Waals surface area contributed by atoms with Gasteiger partial charge in [0.05, 0.1) is 0 Å². The molecule has 0 radical (unpaired) electrons. The number of nitrogens with zero attached hydrogens (tertiary/aromatic N) is 3. The van der Waals surface area contributed by atoms with E-state index in [0.29, 0.717) is 12.1 Å². The lowest BCUT2D eigenvalue weighted by Gasteiger charge is -2.33. The molecule has 2 heterocycles. The van der Waals surface area contributed by atoms with Crippen molar-refractivity contribution in [3.8, 4) is 0 Å². The number of aromatic nitrogens is 2. The topological polar surface area (TPSA) is 53.1 Å². The molecule has 1 saturated heterocycles. The van der Waals surface area contributed by atoms with Crippen molar-refractivity contribution in [2.45, 2.75) is 37.8 Å². The van der Waals surface area contributed by atoms with Crippen LogP contribution < -0.4 is 15.5 Å². The van der Waals surface area contributed by atoms with Gasteiger partial charge in [0.25, 0.3) is 0 Å². The second kappa shape index (κ2) is 5.10. The quantitative estimate of drug-likeness (QED) is 0.838. The van der Waals surface area contributed by atoms with E-state index in [1.165, 1.54) is 25.7 Å². The molecule has 18 heavy (non-hydrogen) atoms. The standard InChI is InChI=1S/C13H21N5/c1-14-11-3-2-6-18(8-11)13-7-12(15-9-16-13)17-10-4-5-10/h7,9-11,14H,2-6,8H2,1H3,(H,15,16,17). The minimum Gasteiger partial charge on any atom is -0.367 e. The van der Waals surface area contributed by atoms with Gasteiger partial charge in [-0.05, 0) is 32.7 Å². The summed E-state index contributed by atoms with van der Waals surface area (Å²) in [6, 6.07) is 3.30. The van der Waals surface area contributed by atoms with Crippen molar-refractivity contribution in [2.24, 2.45) is 0 Å². The zero-order chi connectivity index (χ0) is 12.4. The van der Waals surface area contributed by atoms with Crippen LogP contribution in [0.2, 0.25) is 0 Å². The average molecular weight is 247 g/mol. The molecule has 2 aliphatic rings. The maximum Gasteiger partial charge on any atom is 0.134 e. The molecule has 2 N–H and O–H groups in total. The lowest BCUT2D eigenvalue weighted by molar-refractivity contribution is 0.447. The van der Waals surface area contributed by atoms with Gasteiger partial charge in [0.15, 0.2) is 0 Å². The average Bonchev–Trinajstić information content (AvgIpc) is 3.23. The maximum absolute atomic E-state index is 4.41. The van der Waals surface area contributed by atoms with Gasteiger partial charge < -0.3 is 15.5 Å². The van der Waals surface area contributed by atoms with Crippen LogP contribution in [0.5, 0.6) is 0 Å². The van der Waals surface area contributed by atoms with E-state index in [4.69, 9.17) is 0 Å². The number of piperidine rings is 1. The van der Waals surface area contributed by atoms with E-state index in [0.717, 1.165) is 24.7 Å². The van der Waals surface area contributed by atoms with E-state index in [9.17, 15) is 0 Å². The van der Waals surface area contributed by atoms with Crippen LogP contribution in [0.1, 0.15) is 25.7 Å². The molecule has 1 saturated carbocycles. The van der Waals surface area contributed by atoms with E-state index >= 15 is 0 Å². The third kappa shape index (κ3) is 2.72. The summed E-state index contributed by atoms with van der Waals surface area (Å²) >= 11 is 0. The Morgan fingerprint density at radius 3 is 2.89 bits per heavy atom. The molecule has 98 valence electrons. The minimum atomic E-state index is 0.577. The van der Waals surface area contributed by atoms with Crippen molar-refractivity contribution >= 4 is 11.6 Å². The van der Waals surface area contributed by atoms with Gasteiger partial charge in [0.2, 0.25) is 0 Å². The van der Waals surface area contributed by atoms with Gasteiger partial charge in [0.1, 0.15) is 18.0 Å². The summed E-state index contributed by atoms with van der Waals surface area (Å²) in [5, 5.41) is 6.79. The lowest BCUT2D eigenvalue weighted by Crippen LogP contribution is -2.44. The van der Waals surface area contributed by atoms with Gasteiger partial charge in [-0.25, -0.2) is 9.97 Å². The van der Waals surface area contributed by atoms with E-state index < -0.39 is 0 Å². The summed E-state index contributed by atoms with van der Waals surface area (Å²) in [6.45, 7) is 2.13. The molecule has 5 nitrogen and oxygen atoms in total. The SMILES string of the molecule is CNC1CCCN(c2cc(NC3CC3)ncn2)C1. The summed E-state index contributed by atoms with van der Waals surface area (Å²) in [7, 11) is 2.04. The van der Waals surface area contributed by atoms with Crippen molar-refractivity contribution in [3.05, 3.63) is 12.4 Å². The molecule has 0 spiro atoms. The monoisotopic (exact) mass is 247 g/mol. The molecule has 5 heteroatoms. The van der Waals surface area contributed by atoms with Gasteiger partial charge in [-0.1, -0.05) is 0 Å². The predicted molar refractivity (Wildman–Crippen MR) is 73.0 cm³/mol. The van der Waals surface area contributed by atoms with Crippen LogP contribution in [0.4, 0.5) is 11.6 Å². The van der Waals surface area contributed by atoms with Crippen LogP contribution in [0.3, 0.4) is 0 Å². The second-order valence-electron chi connectivity index (χ2n) is 5.25. The number of rotatable bonds is 4. The van der Waals surface area contributed by atoms with Gasteiger partial charge in [0, 0.05) is 31.2 Å². The van der Waals surface area contributed by atoms with Crippen LogP contribution in [-0.2, 0) is 0 Å². The molecule has 2 fully saturated rings. The first-order chi connectivity index (χ1) is 8.85.